The predicted octanol–water partition coefficient (Wildman–Crippen LogP) is 6.13. The summed E-state index contributed by atoms with van der Waals surface area (Å²) in [6.45, 7) is 8.88. The molecule has 5 heteroatoms. The number of unbranched alkanes of at least 4 members (excludes halogenated alkanes) is 6. The Hall–Kier alpha value is -0.554. The predicted molar refractivity (Wildman–Crippen MR) is 100 cm³/mol. The van der Waals surface area contributed by atoms with Gasteiger partial charge in [-0.15, -0.1) is 0 Å². The molecule has 153 valence electrons. The van der Waals surface area contributed by atoms with Gasteiger partial charge >= 0.3 is 11.9 Å². The summed E-state index contributed by atoms with van der Waals surface area (Å²) in [5.74, 6) is 0.228. The fourth-order valence-corrected chi connectivity index (χ4v) is 2.36. The van der Waals surface area contributed by atoms with Gasteiger partial charge in [-0.1, -0.05) is 79.1 Å². The van der Waals surface area contributed by atoms with Gasteiger partial charge < -0.3 is 10.2 Å². The third-order valence-corrected chi connectivity index (χ3v) is 3.84. The Morgan fingerprint density at radius 3 is 1.12 bits per heavy atom. The average molecular weight is 403 g/mol. The van der Waals surface area contributed by atoms with E-state index < -0.39 is 11.9 Å². The van der Waals surface area contributed by atoms with Crippen molar-refractivity contribution in [3.8, 4) is 0 Å². The van der Waals surface area contributed by atoms with E-state index in [1.54, 1.807) is 0 Å². The van der Waals surface area contributed by atoms with E-state index in [0.717, 1.165) is 37.5 Å². The molecular weight excluding hydrogens is 363 g/mol. The van der Waals surface area contributed by atoms with E-state index in [0.29, 0.717) is 12.8 Å². The van der Waals surface area contributed by atoms with E-state index in [9.17, 15) is 9.59 Å². The van der Waals surface area contributed by atoms with Crippen LogP contribution >= 0.6 is 0 Å². The van der Waals surface area contributed by atoms with Gasteiger partial charge in [0, 0.05) is 29.6 Å². The second kappa shape index (κ2) is 21.5. The minimum Gasteiger partial charge on any atom is -0.481 e. The van der Waals surface area contributed by atoms with Crippen molar-refractivity contribution in [2.45, 2.75) is 105 Å². The maximum atomic E-state index is 10.1. The van der Waals surface area contributed by atoms with Gasteiger partial charge in [-0.05, 0) is 24.7 Å². The van der Waals surface area contributed by atoms with Crippen molar-refractivity contribution < 1.29 is 36.6 Å². The summed E-state index contributed by atoms with van der Waals surface area (Å²) in [5, 5.41) is 16.7. The van der Waals surface area contributed by atoms with Crippen LogP contribution in [0, 0.1) is 11.8 Å². The van der Waals surface area contributed by atoms with Gasteiger partial charge in [0.15, 0.2) is 0 Å². The third-order valence-electron chi connectivity index (χ3n) is 3.84. The summed E-state index contributed by atoms with van der Waals surface area (Å²) in [6, 6.07) is 0. The molecule has 0 atom stereocenters. The van der Waals surface area contributed by atoms with E-state index in [4.69, 9.17) is 10.2 Å². The fourth-order valence-electron chi connectivity index (χ4n) is 2.36. The van der Waals surface area contributed by atoms with Gasteiger partial charge in [0.05, 0.1) is 0 Å². The van der Waals surface area contributed by atoms with E-state index in [-0.39, 0.29) is 16.8 Å². The first kappa shape index (κ1) is 29.2. The fraction of sp³-hybridized carbons (Fsp3) is 0.900. The molecule has 0 aromatic carbocycles. The molecule has 4 nitrogen and oxygen atoms in total. The summed E-state index contributed by atoms with van der Waals surface area (Å²) >= 11 is 0. The van der Waals surface area contributed by atoms with E-state index in [1.165, 1.54) is 38.5 Å². The molecule has 0 saturated carbocycles. The first-order valence-corrected chi connectivity index (χ1v) is 9.69. The molecule has 0 amide bonds. The summed E-state index contributed by atoms with van der Waals surface area (Å²) in [4.78, 5) is 20.3. The van der Waals surface area contributed by atoms with Crippen LogP contribution in [0.3, 0.4) is 0 Å². The third kappa shape index (κ3) is 35.4. The first-order chi connectivity index (χ1) is 11.3. The van der Waals surface area contributed by atoms with Crippen molar-refractivity contribution in [1.82, 2.24) is 0 Å². The normalized spacial score (nSPS) is 10.2. The molecule has 0 aromatic rings. The molecule has 0 aliphatic carbocycles. The molecule has 1 radical (unpaired) electrons. The topological polar surface area (TPSA) is 74.6 Å². The number of aliphatic carboxylic acids is 2. The number of carboxylic acids is 2. The van der Waals surface area contributed by atoms with E-state index >= 15 is 0 Å². The Morgan fingerprint density at radius 1 is 0.600 bits per heavy atom. The standard InChI is InChI=1S/2C10H20O2.Co/c2*1-9(2)7-5-3-4-6-8-10(11)12;/h2*9H,3-8H2,1-2H3,(H,11,12);. The van der Waals surface area contributed by atoms with Crippen LogP contribution in [-0.4, -0.2) is 22.2 Å². The van der Waals surface area contributed by atoms with Gasteiger partial charge in [-0.2, -0.15) is 0 Å². The number of hydrogen-bond donors (Lipinski definition) is 2. The SMILES string of the molecule is CC(C)CCCCCCC(=O)O.CC(C)CCCCCCC(=O)O.[Co]. The largest absolute Gasteiger partial charge is 0.481 e. The minimum atomic E-state index is -0.668. The summed E-state index contributed by atoms with van der Waals surface area (Å²) in [7, 11) is 0. The van der Waals surface area contributed by atoms with Crippen molar-refractivity contribution >= 4 is 11.9 Å². The number of hydrogen-bond acceptors (Lipinski definition) is 2. The van der Waals surface area contributed by atoms with Crippen LogP contribution in [0.2, 0.25) is 0 Å². The number of carbonyl (C=O) groups is 2. The Kier molecular flexibility index (Phi) is 25.1. The van der Waals surface area contributed by atoms with E-state index in [2.05, 4.69) is 27.7 Å². The van der Waals surface area contributed by atoms with Crippen LogP contribution < -0.4 is 0 Å². The van der Waals surface area contributed by atoms with Gasteiger partial charge in [0.2, 0.25) is 0 Å². The molecule has 0 bridgehead atoms. The Labute approximate surface area is 165 Å². The molecule has 0 unspecified atom stereocenters. The molecule has 0 aliphatic heterocycles. The van der Waals surface area contributed by atoms with Gasteiger partial charge in [-0.25, -0.2) is 0 Å². The molecule has 0 spiro atoms. The Balaban J connectivity index is -0.000000372. The molecule has 0 aliphatic rings. The second-order valence-corrected chi connectivity index (χ2v) is 7.48. The Morgan fingerprint density at radius 2 is 0.880 bits per heavy atom. The van der Waals surface area contributed by atoms with Crippen molar-refractivity contribution in [2.75, 3.05) is 0 Å². The zero-order valence-electron chi connectivity index (χ0n) is 16.7. The van der Waals surface area contributed by atoms with Crippen LogP contribution in [0.5, 0.6) is 0 Å². The molecule has 0 fully saturated rings. The molecular formula is C20H40CoO4. The molecule has 2 N–H and O–H groups in total. The minimum absolute atomic E-state index is 0. The van der Waals surface area contributed by atoms with Crippen LogP contribution in [0.15, 0.2) is 0 Å². The maximum absolute atomic E-state index is 10.1. The molecule has 25 heavy (non-hydrogen) atoms. The van der Waals surface area contributed by atoms with Crippen LogP contribution in [-0.2, 0) is 26.4 Å². The zero-order chi connectivity index (χ0) is 18.8. The second-order valence-electron chi connectivity index (χ2n) is 7.48. The monoisotopic (exact) mass is 403 g/mol. The molecule has 0 aromatic heterocycles. The van der Waals surface area contributed by atoms with Gasteiger partial charge in [0.1, 0.15) is 0 Å². The van der Waals surface area contributed by atoms with Gasteiger partial charge in [0.25, 0.3) is 0 Å². The molecule has 0 saturated heterocycles. The quantitative estimate of drug-likeness (QED) is 0.342. The first-order valence-electron chi connectivity index (χ1n) is 9.69. The van der Waals surface area contributed by atoms with Crippen LogP contribution in [0.1, 0.15) is 105 Å². The Bertz CT molecular complexity index is 274. The summed E-state index contributed by atoms with van der Waals surface area (Å²) < 4.78 is 0. The van der Waals surface area contributed by atoms with Crippen LogP contribution in [0.25, 0.3) is 0 Å². The van der Waals surface area contributed by atoms with Gasteiger partial charge in [-0.3, -0.25) is 9.59 Å². The summed E-state index contributed by atoms with van der Waals surface area (Å²) in [5.41, 5.74) is 0. The summed E-state index contributed by atoms with van der Waals surface area (Å²) in [6.07, 6.45) is 11.9. The average Bonchev–Trinajstić information content (AvgIpc) is 2.46. The smallest absolute Gasteiger partial charge is 0.303 e. The number of carboxylic acid groups (broad SMARTS) is 2. The van der Waals surface area contributed by atoms with Crippen molar-refractivity contribution in [2.24, 2.45) is 11.8 Å². The van der Waals surface area contributed by atoms with E-state index in [1.807, 2.05) is 0 Å². The molecule has 0 heterocycles. The van der Waals surface area contributed by atoms with Crippen LogP contribution in [0.4, 0.5) is 0 Å². The van der Waals surface area contributed by atoms with Crippen molar-refractivity contribution in [1.29, 1.82) is 0 Å². The maximum Gasteiger partial charge on any atom is 0.303 e. The van der Waals surface area contributed by atoms with Crippen molar-refractivity contribution in [3.63, 3.8) is 0 Å². The van der Waals surface area contributed by atoms with Crippen molar-refractivity contribution in [3.05, 3.63) is 0 Å². The zero-order valence-corrected chi connectivity index (χ0v) is 17.7. The number of rotatable bonds is 14. The molecule has 0 rings (SSSR count).